The van der Waals surface area contributed by atoms with Crippen LogP contribution in [0.5, 0.6) is 0 Å². The average Bonchev–Trinajstić information content (AvgIpc) is 2.64. The maximum absolute atomic E-state index is 11.4. The number of carbonyl (C=O) groups excluding carboxylic acids is 1. The molecule has 6 heteroatoms. The van der Waals surface area contributed by atoms with Gasteiger partial charge in [0.15, 0.2) is 0 Å². The van der Waals surface area contributed by atoms with Gasteiger partial charge in [0.05, 0.1) is 0 Å². The Morgan fingerprint density at radius 3 is 2.87 bits per heavy atom. The molecule has 84 valence electrons. The number of hydrogen-bond acceptors (Lipinski definition) is 4. The van der Waals surface area contributed by atoms with Gasteiger partial charge in [0, 0.05) is 6.54 Å². The van der Waals surface area contributed by atoms with Gasteiger partial charge in [0.25, 0.3) is 5.91 Å². The lowest BCUT2D eigenvalue weighted by Crippen LogP contribution is -2.25. The predicted molar refractivity (Wildman–Crippen MR) is 57.3 cm³/mol. The number of H-pyrrole nitrogens is 1. The molecule has 0 aliphatic carbocycles. The molecule has 0 saturated carbocycles. The summed E-state index contributed by atoms with van der Waals surface area (Å²) in [6, 6.07) is 0. The van der Waals surface area contributed by atoms with Gasteiger partial charge in [-0.05, 0) is 6.42 Å². The number of rotatable bonds is 6. The number of amides is 1. The third kappa shape index (κ3) is 3.97. The number of nitrogen functional groups attached to an aromatic ring is 1. The van der Waals surface area contributed by atoms with Gasteiger partial charge in [-0.25, -0.2) is 0 Å². The number of unbranched alkanes of at least 4 members (excludes halogenated alkanes) is 3. The lowest BCUT2D eigenvalue weighted by molar-refractivity contribution is 0.0943. The Hall–Kier alpha value is -1.59. The zero-order chi connectivity index (χ0) is 11.1. The zero-order valence-corrected chi connectivity index (χ0v) is 8.92. The quantitative estimate of drug-likeness (QED) is 0.603. The molecule has 0 fully saturated rings. The number of nitrogens with two attached hydrogens (primary N) is 1. The SMILES string of the molecule is CCCCCCNC(=O)c1nc(N)n[nH]1. The Balaban J connectivity index is 2.19. The molecule has 1 aromatic heterocycles. The number of aromatic amines is 1. The number of carbonyl (C=O) groups is 1. The monoisotopic (exact) mass is 211 g/mol. The molecule has 0 spiro atoms. The van der Waals surface area contributed by atoms with Crippen LogP contribution in [0.15, 0.2) is 0 Å². The first kappa shape index (κ1) is 11.5. The first-order valence-corrected chi connectivity index (χ1v) is 5.20. The van der Waals surface area contributed by atoms with Crippen LogP contribution in [0.4, 0.5) is 5.95 Å². The van der Waals surface area contributed by atoms with Crippen molar-refractivity contribution in [1.29, 1.82) is 0 Å². The molecule has 1 heterocycles. The standard InChI is InChI=1S/C9H17N5O/c1-2-3-4-5-6-11-8(15)7-12-9(10)14-13-7/h2-6H2,1H3,(H,11,15)(H3,10,12,13,14). The average molecular weight is 211 g/mol. The molecule has 0 aliphatic heterocycles. The number of nitrogens with zero attached hydrogens (tertiary/aromatic N) is 2. The summed E-state index contributed by atoms with van der Waals surface area (Å²) in [4.78, 5) is 15.1. The molecule has 0 radical (unpaired) electrons. The lowest BCUT2D eigenvalue weighted by atomic mass is 10.2. The third-order valence-corrected chi connectivity index (χ3v) is 2.03. The van der Waals surface area contributed by atoms with E-state index < -0.39 is 0 Å². The molecule has 0 aromatic carbocycles. The molecule has 1 amide bonds. The van der Waals surface area contributed by atoms with Crippen LogP contribution in [0.25, 0.3) is 0 Å². The van der Waals surface area contributed by atoms with Crippen LogP contribution in [0.2, 0.25) is 0 Å². The molecule has 0 atom stereocenters. The van der Waals surface area contributed by atoms with E-state index in [9.17, 15) is 4.79 Å². The molecule has 0 bridgehead atoms. The highest BCUT2D eigenvalue weighted by molar-refractivity contribution is 5.90. The smallest absolute Gasteiger partial charge is 0.288 e. The van der Waals surface area contributed by atoms with Gasteiger partial charge in [-0.1, -0.05) is 26.2 Å². The van der Waals surface area contributed by atoms with Crippen molar-refractivity contribution in [3.63, 3.8) is 0 Å². The minimum absolute atomic E-state index is 0.0890. The van der Waals surface area contributed by atoms with E-state index in [4.69, 9.17) is 5.73 Å². The largest absolute Gasteiger partial charge is 0.366 e. The third-order valence-electron chi connectivity index (χ3n) is 2.03. The van der Waals surface area contributed by atoms with Crippen LogP contribution in [0, 0.1) is 0 Å². The fraction of sp³-hybridized carbons (Fsp3) is 0.667. The van der Waals surface area contributed by atoms with Gasteiger partial charge in [-0.3, -0.25) is 9.89 Å². The van der Waals surface area contributed by atoms with Gasteiger partial charge < -0.3 is 11.1 Å². The molecule has 1 rings (SSSR count). The number of anilines is 1. The Bertz CT molecular complexity index is 309. The Morgan fingerprint density at radius 2 is 2.27 bits per heavy atom. The first-order valence-electron chi connectivity index (χ1n) is 5.20. The minimum Gasteiger partial charge on any atom is -0.366 e. The van der Waals surface area contributed by atoms with Crippen LogP contribution in [-0.2, 0) is 0 Å². The fourth-order valence-electron chi connectivity index (χ4n) is 1.21. The van der Waals surface area contributed by atoms with Crippen molar-refractivity contribution in [2.45, 2.75) is 32.6 Å². The second kappa shape index (κ2) is 6.00. The Kier molecular flexibility index (Phi) is 4.59. The molecule has 1 aromatic rings. The van der Waals surface area contributed by atoms with Crippen molar-refractivity contribution in [3.8, 4) is 0 Å². The van der Waals surface area contributed by atoms with E-state index in [0.29, 0.717) is 6.54 Å². The van der Waals surface area contributed by atoms with Crippen molar-refractivity contribution in [2.75, 3.05) is 12.3 Å². The van der Waals surface area contributed by atoms with Crippen LogP contribution in [0.1, 0.15) is 43.2 Å². The van der Waals surface area contributed by atoms with Crippen molar-refractivity contribution in [1.82, 2.24) is 20.5 Å². The number of hydrogen-bond donors (Lipinski definition) is 3. The van der Waals surface area contributed by atoms with Gasteiger partial charge in [-0.2, -0.15) is 4.98 Å². The van der Waals surface area contributed by atoms with E-state index in [1.54, 1.807) is 0 Å². The van der Waals surface area contributed by atoms with E-state index >= 15 is 0 Å². The predicted octanol–water partition coefficient (Wildman–Crippen LogP) is 0.697. The van der Waals surface area contributed by atoms with Crippen molar-refractivity contribution >= 4 is 11.9 Å². The Morgan fingerprint density at radius 1 is 1.47 bits per heavy atom. The maximum Gasteiger partial charge on any atom is 0.288 e. The van der Waals surface area contributed by atoms with Crippen LogP contribution in [0.3, 0.4) is 0 Å². The first-order chi connectivity index (χ1) is 7.24. The number of nitrogens with one attached hydrogen (secondary N) is 2. The molecule has 0 saturated heterocycles. The van der Waals surface area contributed by atoms with Crippen molar-refractivity contribution in [3.05, 3.63) is 5.82 Å². The molecular formula is C9H17N5O. The highest BCUT2D eigenvalue weighted by atomic mass is 16.2. The van der Waals surface area contributed by atoms with Crippen LogP contribution >= 0.6 is 0 Å². The van der Waals surface area contributed by atoms with Crippen molar-refractivity contribution in [2.24, 2.45) is 0 Å². The Labute approximate surface area is 88.7 Å². The van der Waals surface area contributed by atoms with Gasteiger partial charge in [-0.15, -0.1) is 5.10 Å². The number of aromatic nitrogens is 3. The topological polar surface area (TPSA) is 96.7 Å². The second-order valence-electron chi connectivity index (χ2n) is 3.36. The summed E-state index contributed by atoms with van der Waals surface area (Å²) in [5, 5.41) is 8.78. The van der Waals surface area contributed by atoms with E-state index in [-0.39, 0.29) is 17.7 Å². The summed E-state index contributed by atoms with van der Waals surface area (Å²) in [6.45, 7) is 2.81. The molecule has 4 N–H and O–H groups in total. The molecule has 6 nitrogen and oxygen atoms in total. The van der Waals surface area contributed by atoms with Gasteiger partial charge in [0.1, 0.15) is 0 Å². The highest BCUT2D eigenvalue weighted by Crippen LogP contribution is 1.98. The maximum atomic E-state index is 11.4. The van der Waals surface area contributed by atoms with E-state index in [0.717, 1.165) is 12.8 Å². The summed E-state index contributed by atoms with van der Waals surface area (Å²) in [5.74, 6) is 0.00447. The molecule has 15 heavy (non-hydrogen) atoms. The van der Waals surface area contributed by atoms with Crippen LogP contribution in [-0.4, -0.2) is 27.6 Å². The summed E-state index contributed by atoms with van der Waals surface area (Å²) in [7, 11) is 0. The normalized spacial score (nSPS) is 10.2. The summed E-state index contributed by atoms with van der Waals surface area (Å²) >= 11 is 0. The highest BCUT2D eigenvalue weighted by Gasteiger charge is 2.08. The van der Waals surface area contributed by atoms with E-state index in [2.05, 4.69) is 27.4 Å². The van der Waals surface area contributed by atoms with Crippen LogP contribution < -0.4 is 11.1 Å². The van der Waals surface area contributed by atoms with Crippen molar-refractivity contribution < 1.29 is 4.79 Å². The van der Waals surface area contributed by atoms with Gasteiger partial charge in [0.2, 0.25) is 11.8 Å². The summed E-state index contributed by atoms with van der Waals surface area (Å²) < 4.78 is 0. The fourth-order valence-corrected chi connectivity index (χ4v) is 1.21. The zero-order valence-electron chi connectivity index (χ0n) is 8.92. The minimum atomic E-state index is -0.254. The second-order valence-corrected chi connectivity index (χ2v) is 3.36. The molecular weight excluding hydrogens is 194 g/mol. The van der Waals surface area contributed by atoms with E-state index in [1.165, 1.54) is 12.8 Å². The van der Waals surface area contributed by atoms with Gasteiger partial charge >= 0.3 is 0 Å². The summed E-state index contributed by atoms with van der Waals surface area (Å²) in [5.41, 5.74) is 5.28. The summed E-state index contributed by atoms with van der Waals surface area (Å²) in [6.07, 6.45) is 4.51. The lowest BCUT2D eigenvalue weighted by Gasteiger charge is -2.01. The van der Waals surface area contributed by atoms with E-state index in [1.807, 2.05) is 0 Å². The molecule has 0 aliphatic rings. The molecule has 0 unspecified atom stereocenters.